The van der Waals surface area contributed by atoms with E-state index in [1.165, 1.54) is 6.07 Å². The maximum Gasteiger partial charge on any atom is 0.311 e. The topological polar surface area (TPSA) is 67.6 Å². The summed E-state index contributed by atoms with van der Waals surface area (Å²) in [6, 6.07) is 5.33. The molecule has 1 atom stereocenters. The highest BCUT2D eigenvalue weighted by atomic mass is 16.6. The third-order valence-corrected chi connectivity index (χ3v) is 3.22. The number of rotatable bonds is 5. The Morgan fingerprint density at radius 3 is 2.95 bits per heavy atom. The molecule has 1 aromatic carbocycles. The molecule has 0 aliphatic carbocycles. The highest BCUT2D eigenvalue weighted by Crippen LogP contribution is 2.30. The van der Waals surface area contributed by atoms with Gasteiger partial charge in [0.2, 0.25) is 0 Å². The van der Waals surface area contributed by atoms with Crippen LogP contribution >= 0.6 is 0 Å². The zero-order valence-corrected chi connectivity index (χ0v) is 11.3. The molecule has 1 aromatic rings. The summed E-state index contributed by atoms with van der Waals surface area (Å²) in [5, 5.41) is 14.3. The van der Waals surface area contributed by atoms with Gasteiger partial charge in [-0.25, -0.2) is 0 Å². The zero-order chi connectivity index (χ0) is 13.8. The first-order chi connectivity index (χ1) is 9.10. The van der Waals surface area contributed by atoms with E-state index < -0.39 is 4.92 Å². The highest BCUT2D eigenvalue weighted by Gasteiger charge is 2.21. The summed E-state index contributed by atoms with van der Waals surface area (Å²) in [6.45, 7) is 4.29. The minimum absolute atomic E-state index is 0.0101. The van der Waals surface area contributed by atoms with Crippen molar-refractivity contribution in [3.8, 4) is 5.75 Å². The lowest BCUT2D eigenvalue weighted by Gasteiger charge is -2.15. The fourth-order valence-electron chi connectivity index (χ4n) is 2.31. The lowest BCUT2D eigenvalue weighted by molar-refractivity contribution is -0.385. The van der Waals surface area contributed by atoms with Gasteiger partial charge in [-0.2, -0.15) is 0 Å². The van der Waals surface area contributed by atoms with Crippen LogP contribution in [0.1, 0.15) is 13.3 Å². The smallest absolute Gasteiger partial charge is 0.311 e. The average Bonchev–Trinajstić information content (AvgIpc) is 2.75. The number of benzene rings is 1. The van der Waals surface area contributed by atoms with E-state index in [0.717, 1.165) is 25.2 Å². The molecule has 0 aromatic heterocycles. The van der Waals surface area contributed by atoms with Crippen LogP contribution in [0.25, 0.3) is 0 Å². The maximum absolute atomic E-state index is 10.9. The quantitative estimate of drug-likeness (QED) is 0.652. The van der Waals surface area contributed by atoms with Crippen LogP contribution in [0.3, 0.4) is 0 Å². The number of anilines is 1. The molecule has 6 heteroatoms. The molecule has 1 heterocycles. The summed E-state index contributed by atoms with van der Waals surface area (Å²) in [5.74, 6) is 0.323. The second-order valence-corrected chi connectivity index (χ2v) is 4.76. The van der Waals surface area contributed by atoms with Gasteiger partial charge in [0.05, 0.1) is 11.5 Å². The molecule has 0 bridgehead atoms. The van der Waals surface area contributed by atoms with Crippen LogP contribution in [0.15, 0.2) is 18.2 Å². The number of nitro groups is 1. The molecule has 1 saturated heterocycles. The zero-order valence-electron chi connectivity index (χ0n) is 11.3. The Morgan fingerprint density at radius 2 is 2.37 bits per heavy atom. The van der Waals surface area contributed by atoms with Gasteiger partial charge in [-0.15, -0.1) is 0 Å². The second kappa shape index (κ2) is 5.88. The predicted octanol–water partition coefficient (Wildman–Crippen LogP) is 2.11. The molecular formula is C13H19N3O3. The molecule has 0 radical (unpaired) electrons. The number of hydrogen-bond acceptors (Lipinski definition) is 5. The molecule has 19 heavy (non-hydrogen) atoms. The van der Waals surface area contributed by atoms with E-state index >= 15 is 0 Å². The first-order valence-corrected chi connectivity index (χ1v) is 6.46. The van der Waals surface area contributed by atoms with Gasteiger partial charge in [0, 0.05) is 30.4 Å². The van der Waals surface area contributed by atoms with E-state index in [1.54, 1.807) is 12.1 Å². The second-order valence-electron chi connectivity index (χ2n) is 4.76. The van der Waals surface area contributed by atoms with Crippen molar-refractivity contribution in [1.29, 1.82) is 0 Å². The van der Waals surface area contributed by atoms with E-state index in [9.17, 15) is 10.1 Å². The average molecular weight is 265 g/mol. The van der Waals surface area contributed by atoms with E-state index in [2.05, 4.69) is 17.3 Å². The van der Waals surface area contributed by atoms with Gasteiger partial charge in [-0.05, 0) is 33.0 Å². The van der Waals surface area contributed by atoms with Crippen molar-refractivity contribution in [3.63, 3.8) is 0 Å². The standard InChI is InChI=1S/C13H19N3O3/c1-3-19-13-8-10(4-5-12(13)16(17)18)14-11-6-7-15(2)9-11/h4-5,8,11,14H,3,6-7,9H2,1-2H3. The van der Waals surface area contributed by atoms with Gasteiger partial charge in [-0.3, -0.25) is 10.1 Å². The number of likely N-dealkylation sites (tertiary alicyclic amines) is 1. The lowest BCUT2D eigenvalue weighted by atomic mass is 10.2. The summed E-state index contributed by atoms with van der Waals surface area (Å²) in [7, 11) is 2.09. The molecule has 104 valence electrons. The van der Waals surface area contributed by atoms with Gasteiger partial charge in [0.1, 0.15) is 0 Å². The Bertz CT molecular complexity index is 464. The number of hydrogen-bond donors (Lipinski definition) is 1. The third kappa shape index (κ3) is 3.35. The summed E-state index contributed by atoms with van der Waals surface area (Å²) in [5.41, 5.74) is 0.880. The Kier molecular flexibility index (Phi) is 4.21. The number of likely N-dealkylation sites (N-methyl/N-ethyl adjacent to an activating group) is 1. The van der Waals surface area contributed by atoms with E-state index in [1.807, 2.05) is 6.92 Å². The Balaban J connectivity index is 2.13. The monoisotopic (exact) mass is 265 g/mol. The van der Waals surface area contributed by atoms with Crippen LogP contribution in [-0.2, 0) is 0 Å². The van der Waals surface area contributed by atoms with Gasteiger partial charge < -0.3 is 15.0 Å². The fourth-order valence-corrected chi connectivity index (χ4v) is 2.31. The fraction of sp³-hybridized carbons (Fsp3) is 0.538. The van der Waals surface area contributed by atoms with Crippen molar-refractivity contribution in [2.45, 2.75) is 19.4 Å². The summed E-state index contributed by atoms with van der Waals surface area (Å²) < 4.78 is 5.33. The molecule has 0 saturated carbocycles. The van der Waals surface area contributed by atoms with E-state index in [4.69, 9.17) is 4.74 Å². The number of nitro benzene ring substituents is 1. The van der Waals surface area contributed by atoms with Crippen molar-refractivity contribution in [2.75, 3.05) is 32.1 Å². The van der Waals surface area contributed by atoms with E-state index in [-0.39, 0.29) is 5.69 Å². The van der Waals surface area contributed by atoms with Crippen molar-refractivity contribution in [1.82, 2.24) is 4.90 Å². The van der Waals surface area contributed by atoms with Crippen LogP contribution < -0.4 is 10.1 Å². The Labute approximate surface area is 112 Å². The van der Waals surface area contributed by atoms with E-state index in [0.29, 0.717) is 18.4 Å². The maximum atomic E-state index is 10.9. The first-order valence-electron chi connectivity index (χ1n) is 6.46. The van der Waals surface area contributed by atoms with Crippen LogP contribution in [0.2, 0.25) is 0 Å². The normalized spacial score (nSPS) is 19.4. The Hall–Kier alpha value is -1.82. The van der Waals surface area contributed by atoms with Crippen molar-refractivity contribution >= 4 is 11.4 Å². The molecule has 1 aliphatic heterocycles. The van der Waals surface area contributed by atoms with Crippen LogP contribution in [-0.4, -0.2) is 42.6 Å². The van der Waals surface area contributed by atoms with Crippen molar-refractivity contribution in [3.05, 3.63) is 28.3 Å². The summed E-state index contributed by atoms with van der Waals surface area (Å²) >= 11 is 0. The van der Waals surface area contributed by atoms with Crippen LogP contribution in [0.4, 0.5) is 11.4 Å². The largest absolute Gasteiger partial charge is 0.487 e. The lowest BCUT2D eigenvalue weighted by Crippen LogP contribution is -2.23. The molecule has 6 nitrogen and oxygen atoms in total. The summed E-state index contributed by atoms with van der Waals surface area (Å²) in [4.78, 5) is 12.7. The van der Waals surface area contributed by atoms with Crippen molar-refractivity contribution < 1.29 is 9.66 Å². The summed E-state index contributed by atoms with van der Waals surface area (Å²) in [6.07, 6.45) is 1.08. The van der Waals surface area contributed by atoms with Gasteiger partial charge in [-0.1, -0.05) is 0 Å². The van der Waals surface area contributed by atoms with Crippen LogP contribution in [0, 0.1) is 10.1 Å². The Morgan fingerprint density at radius 1 is 1.58 bits per heavy atom. The molecule has 1 unspecified atom stereocenters. The van der Waals surface area contributed by atoms with Gasteiger partial charge in [0.25, 0.3) is 0 Å². The van der Waals surface area contributed by atoms with Gasteiger partial charge in [0.15, 0.2) is 5.75 Å². The van der Waals surface area contributed by atoms with Crippen molar-refractivity contribution in [2.24, 2.45) is 0 Å². The molecule has 0 amide bonds. The minimum Gasteiger partial charge on any atom is -0.487 e. The molecular weight excluding hydrogens is 246 g/mol. The molecule has 2 rings (SSSR count). The van der Waals surface area contributed by atoms with Gasteiger partial charge >= 0.3 is 5.69 Å². The molecule has 1 fully saturated rings. The number of nitrogens with zero attached hydrogens (tertiary/aromatic N) is 2. The van der Waals surface area contributed by atoms with Crippen LogP contribution in [0.5, 0.6) is 5.75 Å². The first kappa shape index (κ1) is 13.6. The predicted molar refractivity (Wildman–Crippen MR) is 73.8 cm³/mol. The highest BCUT2D eigenvalue weighted by molar-refractivity contribution is 5.58. The number of ether oxygens (including phenoxy) is 1. The number of nitrogens with one attached hydrogen (secondary N) is 1. The SMILES string of the molecule is CCOc1cc(NC2CCN(C)C2)ccc1[N+](=O)[O-]. The molecule has 0 spiro atoms. The third-order valence-electron chi connectivity index (χ3n) is 3.22. The minimum atomic E-state index is -0.419. The molecule has 1 N–H and O–H groups in total. The molecule has 1 aliphatic rings.